The van der Waals surface area contributed by atoms with Gasteiger partial charge >= 0.3 is 0 Å². The van der Waals surface area contributed by atoms with Crippen LogP contribution in [-0.4, -0.2) is 29.7 Å². The highest BCUT2D eigenvalue weighted by Gasteiger charge is 2.24. The third-order valence-corrected chi connectivity index (χ3v) is 6.06. The SMILES string of the molecule is O=C(Nc1ccc2c(c1)C(N1CCCCC1)=Nc1ccccc1O2)c1cccs1. The number of amides is 1. The van der Waals surface area contributed by atoms with Gasteiger partial charge in [-0.25, -0.2) is 4.99 Å². The Hall–Kier alpha value is -3.12. The maximum Gasteiger partial charge on any atom is 0.265 e. The molecule has 146 valence electrons. The van der Waals surface area contributed by atoms with Crippen molar-refractivity contribution in [3.05, 3.63) is 70.4 Å². The van der Waals surface area contributed by atoms with Crippen LogP contribution in [0.2, 0.25) is 0 Å². The Labute approximate surface area is 173 Å². The van der Waals surface area contributed by atoms with E-state index >= 15 is 0 Å². The fourth-order valence-corrected chi connectivity index (χ4v) is 4.37. The number of benzene rings is 2. The molecule has 2 aliphatic heterocycles. The molecule has 1 fully saturated rings. The summed E-state index contributed by atoms with van der Waals surface area (Å²) >= 11 is 1.43. The van der Waals surface area contributed by atoms with Crippen molar-refractivity contribution in [2.24, 2.45) is 4.99 Å². The summed E-state index contributed by atoms with van der Waals surface area (Å²) in [5.41, 5.74) is 2.47. The smallest absolute Gasteiger partial charge is 0.265 e. The number of hydrogen-bond acceptors (Lipinski definition) is 5. The van der Waals surface area contributed by atoms with Gasteiger partial charge in [-0.05, 0) is 61.0 Å². The molecule has 3 heterocycles. The van der Waals surface area contributed by atoms with Gasteiger partial charge in [-0.1, -0.05) is 18.2 Å². The molecule has 2 aliphatic rings. The van der Waals surface area contributed by atoms with Crippen LogP contribution in [0, 0.1) is 0 Å². The average molecular weight is 404 g/mol. The second kappa shape index (κ2) is 7.72. The van der Waals surface area contributed by atoms with E-state index in [0.29, 0.717) is 4.88 Å². The molecular weight excluding hydrogens is 382 g/mol. The number of aliphatic imine (C=N–C) groups is 1. The number of rotatable bonds is 2. The van der Waals surface area contributed by atoms with Crippen molar-refractivity contribution in [3.8, 4) is 11.5 Å². The molecule has 0 atom stereocenters. The minimum atomic E-state index is -0.103. The minimum Gasteiger partial charge on any atom is -0.454 e. The standard InChI is InChI=1S/C23H21N3O2S/c27-23(21-9-6-14-29-21)24-16-10-11-19-17(15-16)22(26-12-4-1-5-13-26)25-18-7-2-3-8-20(18)28-19/h2-3,6-11,14-15H,1,4-5,12-13H2,(H,24,27). The van der Waals surface area contributed by atoms with Gasteiger partial charge in [0, 0.05) is 18.8 Å². The molecule has 1 amide bonds. The summed E-state index contributed by atoms with van der Waals surface area (Å²) in [6, 6.07) is 17.3. The number of para-hydroxylation sites is 2. The lowest BCUT2D eigenvalue weighted by molar-refractivity contribution is 0.103. The molecule has 1 N–H and O–H groups in total. The molecule has 6 heteroatoms. The molecule has 0 bridgehead atoms. The van der Waals surface area contributed by atoms with Crippen molar-refractivity contribution >= 4 is 34.5 Å². The van der Waals surface area contributed by atoms with Gasteiger partial charge in [0.05, 0.1) is 10.4 Å². The topological polar surface area (TPSA) is 53.9 Å². The van der Waals surface area contributed by atoms with Gasteiger partial charge in [-0.2, -0.15) is 0 Å². The number of anilines is 1. The Morgan fingerprint density at radius 1 is 1.00 bits per heavy atom. The summed E-state index contributed by atoms with van der Waals surface area (Å²) in [6.07, 6.45) is 3.57. The van der Waals surface area contributed by atoms with Crippen molar-refractivity contribution in [1.29, 1.82) is 0 Å². The Balaban J connectivity index is 1.55. The zero-order chi connectivity index (χ0) is 19.6. The van der Waals surface area contributed by atoms with Crippen LogP contribution in [0.3, 0.4) is 0 Å². The quantitative estimate of drug-likeness (QED) is 0.600. The summed E-state index contributed by atoms with van der Waals surface area (Å²) in [7, 11) is 0. The first-order valence-corrected chi connectivity index (χ1v) is 10.8. The second-order valence-electron chi connectivity index (χ2n) is 7.20. The van der Waals surface area contributed by atoms with Crippen LogP contribution < -0.4 is 10.1 Å². The monoisotopic (exact) mass is 403 g/mol. The van der Waals surface area contributed by atoms with Crippen LogP contribution >= 0.6 is 11.3 Å². The third-order valence-electron chi connectivity index (χ3n) is 5.19. The van der Waals surface area contributed by atoms with Crippen molar-refractivity contribution in [1.82, 2.24) is 4.90 Å². The van der Waals surface area contributed by atoms with Gasteiger partial charge in [-0.3, -0.25) is 4.79 Å². The van der Waals surface area contributed by atoms with E-state index < -0.39 is 0 Å². The highest BCUT2D eigenvalue weighted by molar-refractivity contribution is 7.12. The van der Waals surface area contributed by atoms with Crippen LogP contribution in [0.5, 0.6) is 11.5 Å². The number of nitrogens with zero attached hydrogens (tertiary/aromatic N) is 2. The lowest BCUT2D eigenvalue weighted by Crippen LogP contribution is -2.36. The number of piperidine rings is 1. The number of ether oxygens (including phenoxy) is 1. The van der Waals surface area contributed by atoms with E-state index in [9.17, 15) is 4.79 Å². The number of likely N-dealkylation sites (tertiary alicyclic amines) is 1. The van der Waals surface area contributed by atoms with E-state index in [-0.39, 0.29) is 5.91 Å². The number of carbonyl (C=O) groups is 1. The van der Waals surface area contributed by atoms with E-state index in [4.69, 9.17) is 9.73 Å². The molecule has 29 heavy (non-hydrogen) atoms. The number of hydrogen-bond donors (Lipinski definition) is 1. The molecule has 0 radical (unpaired) electrons. The molecule has 5 nitrogen and oxygen atoms in total. The van der Waals surface area contributed by atoms with Gasteiger partial charge in [0.2, 0.25) is 0 Å². The highest BCUT2D eigenvalue weighted by Crippen LogP contribution is 2.39. The lowest BCUT2D eigenvalue weighted by atomic mass is 10.1. The summed E-state index contributed by atoms with van der Waals surface area (Å²) in [6.45, 7) is 1.96. The maximum absolute atomic E-state index is 12.5. The van der Waals surface area contributed by atoms with Crippen molar-refractivity contribution in [2.75, 3.05) is 18.4 Å². The van der Waals surface area contributed by atoms with Crippen molar-refractivity contribution in [3.63, 3.8) is 0 Å². The normalized spacial score (nSPS) is 15.4. The number of nitrogens with one attached hydrogen (secondary N) is 1. The number of fused-ring (bicyclic) bond motifs is 2. The summed E-state index contributed by atoms with van der Waals surface area (Å²) in [5.74, 6) is 2.32. The molecular formula is C23H21N3O2S. The fourth-order valence-electron chi connectivity index (χ4n) is 3.75. The van der Waals surface area contributed by atoms with Crippen LogP contribution in [0.15, 0.2) is 65.0 Å². The molecule has 0 unspecified atom stereocenters. The average Bonchev–Trinajstić information content (AvgIpc) is 3.24. The van der Waals surface area contributed by atoms with Crippen LogP contribution in [0.4, 0.5) is 11.4 Å². The van der Waals surface area contributed by atoms with E-state index in [2.05, 4.69) is 10.2 Å². The van der Waals surface area contributed by atoms with Gasteiger partial charge in [-0.15, -0.1) is 11.3 Å². The first-order chi connectivity index (χ1) is 14.3. The Kier molecular flexibility index (Phi) is 4.77. The predicted octanol–water partition coefficient (Wildman–Crippen LogP) is 5.67. The van der Waals surface area contributed by atoms with E-state index in [1.807, 2.05) is 60.0 Å². The van der Waals surface area contributed by atoms with Gasteiger partial charge in [0.25, 0.3) is 5.91 Å². The third kappa shape index (κ3) is 3.63. The van der Waals surface area contributed by atoms with Crippen molar-refractivity contribution < 1.29 is 9.53 Å². The lowest BCUT2D eigenvalue weighted by Gasteiger charge is -2.30. The number of carbonyl (C=O) groups excluding carboxylic acids is 1. The fraction of sp³-hybridized carbons (Fsp3) is 0.217. The summed E-state index contributed by atoms with van der Waals surface area (Å²) in [5, 5.41) is 4.90. The Morgan fingerprint density at radius 3 is 2.69 bits per heavy atom. The van der Waals surface area contributed by atoms with E-state index in [1.165, 1.54) is 17.8 Å². The molecule has 0 saturated carbocycles. The largest absolute Gasteiger partial charge is 0.454 e. The Morgan fingerprint density at radius 2 is 1.86 bits per heavy atom. The summed E-state index contributed by atoms with van der Waals surface area (Å²) in [4.78, 5) is 20.5. The van der Waals surface area contributed by atoms with Gasteiger partial charge < -0.3 is 15.0 Å². The van der Waals surface area contributed by atoms with Crippen LogP contribution in [0.1, 0.15) is 34.5 Å². The molecule has 3 aromatic rings. The highest BCUT2D eigenvalue weighted by atomic mass is 32.1. The first kappa shape index (κ1) is 17.9. The zero-order valence-electron chi connectivity index (χ0n) is 15.9. The number of thiophene rings is 1. The minimum absolute atomic E-state index is 0.103. The first-order valence-electron chi connectivity index (χ1n) is 9.88. The predicted molar refractivity (Wildman–Crippen MR) is 117 cm³/mol. The van der Waals surface area contributed by atoms with Crippen LogP contribution in [-0.2, 0) is 0 Å². The molecule has 1 saturated heterocycles. The van der Waals surface area contributed by atoms with E-state index in [0.717, 1.165) is 60.2 Å². The van der Waals surface area contributed by atoms with Gasteiger partial charge in [0.1, 0.15) is 17.3 Å². The summed E-state index contributed by atoms with van der Waals surface area (Å²) < 4.78 is 6.20. The number of amidine groups is 1. The molecule has 0 aliphatic carbocycles. The second-order valence-corrected chi connectivity index (χ2v) is 8.14. The van der Waals surface area contributed by atoms with Crippen molar-refractivity contribution in [2.45, 2.75) is 19.3 Å². The molecule has 1 aromatic heterocycles. The zero-order valence-corrected chi connectivity index (χ0v) is 16.7. The maximum atomic E-state index is 12.5. The van der Waals surface area contributed by atoms with Crippen LogP contribution in [0.25, 0.3) is 0 Å². The Bertz CT molecular complexity index is 1070. The van der Waals surface area contributed by atoms with E-state index in [1.54, 1.807) is 0 Å². The molecule has 5 rings (SSSR count). The van der Waals surface area contributed by atoms with Gasteiger partial charge in [0.15, 0.2) is 5.75 Å². The molecule has 0 spiro atoms. The molecule has 2 aromatic carbocycles.